The lowest BCUT2D eigenvalue weighted by molar-refractivity contribution is 0.353. The van der Waals surface area contributed by atoms with Crippen molar-refractivity contribution in [1.29, 1.82) is 0 Å². The van der Waals surface area contributed by atoms with E-state index in [9.17, 15) is 0 Å². The highest BCUT2D eigenvalue weighted by molar-refractivity contribution is 9.10. The highest BCUT2D eigenvalue weighted by Crippen LogP contribution is 2.43. The average Bonchev–Trinajstić information content (AvgIpc) is 2.59. The molecular weight excluding hydrogens is 400 g/mol. The van der Waals surface area contributed by atoms with Gasteiger partial charge in [-0.3, -0.25) is 0 Å². The second kappa shape index (κ2) is 7.70. The first-order valence-corrected chi connectivity index (χ1v) is 12.2. The molecule has 2 rings (SSSR count). The van der Waals surface area contributed by atoms with Gasteiger partial charge in [0.1, 0.15) is 0 Å². The third-order valence-electron chi connectivity index (χ3n) is 4.11. The summed E-state index contributed by atoms with van der Waals surface area (Å²) in [5.74, 6) is 2.82. The van der Waals surface area contributed by atoms with Crippen molar-refractivity contribution in [1.82, 2.24) is 0 Å². The maximum absolute atomic E-state index is 5.54. The molecule has 2 aromatic carbocycles. The molecule has 6 heteroatoms. The Morgan fingerprint density at radius 2 is 1.28 bits per heavy atom. The summed E-state index contributed by atoms with van der Waals surface area (Å²) in [6, 6.07) is 8.10. The Morgan fingerprint density at radius 1 is 0.720 bits per heavy atom. The zero-order valence-corrected chi connectivity index (χ0v) is 18.4. The summed E-state index contributed by atoms with van der Waals surface area (Å²) in [7, 11) is 4.94. The van der Waals surface area contributed by atoms with Crippen molar-refractivity contribution >= 4 is 29.2 Å². The standard InChI is InChI=1S/C19H25BrO4Si/c1-21-14-9-8-12(18(20)19(14)24-4)13-10-15(22-2)16(23-3)11-17(13)25(5,6)7/h8-11H,1-7H3. The summed E-state index contributed by atoms with van der Waals surface area (Å²) >= 11 is 3.69. The van der Waals surface area contributed by atoms with E-state index in [2.05, 4.69) is 41.6 Å². The Bertz CT molecular complexity index is 769. The maximum atomic E-state index is 5.54. The summed E-state index contributed by atoms with van der Waals surface area (Å²) in [4.78, 5) is 0. The van der Waals surface area contributed by atoms with Crippen LogP contribution in [0.25, 0.3) is 11.1 Å². The van der Waals surface area contributed by atoms with E-state index in [1.165, 1.54) is 5.19 Å². The maximum Gasteiger partial charge on any atom is 0.175 e. The minimum atomic E-state index is -1.64. The van der Waals surface area contributed by atoms with Crippen LogP contribution >= 0.6 is 15.9 Å². The highest BCUT2D eigenvalue weighted by atomic mass is 79.9. The zero-order chi connectivity index (χ0) is 18.8. The molecular formula is C19H25BrO4Si. The van der Waals surface area contributed by atoms with Crippen LogP contribution in [0.2, 0.25) is 19.6 Å². The largest absolute Gasteiger partial charge is 0.493 e. The van der Waals surface area contributed by atoms with Crippen LogP contribution in [0.1, 0.15) is 0 Å². The van der Waals surface area contributed by atoms with Crippen LogP contribution in [-0.4, -0.2) is 36.5 Å². The van der Waals surface area contributed by atoms with Crippen LogP contribution < -0.4 is 24.1 Å². The number of methoxy groups -OCH3 is 4. The van der Waals surface area contributed by atoms with Crippen molar-refractivity contribution in [2.75, 3.05) is 28.4 Å². The Morgan fingerprint density at radius 3 is 1.76 bits per heavy atom. The molecule has 0 aromatic heterocycles. The number of halogens is 1. The molecule has 136 valence electrons. The minimum absolute atomic E-state index is 0.677. The van der Waals surface area contributed by atoms with Crippen molar-refractivity contribution in [3.63, 3.8) is 0 Å². The van der Waals surface area contributed by atoms with E-state index in [0.29, 0.717) is 17.2 Å². The van der Waals surface area contributed by atoms with E-state index in [0.717, 1.165) is 21.3 Å². The first kappa shape index (κ1) is 19.7. The van der Waals surface area contributed by atoms with Gasteiger partial charge in [0.15, 0.2) is 23.0 Å². The summed E-state index contributed by atoms with van der Waals surface area (Å²) in [5, 5.41) is 1.29. The van der Waals surface area contributed by atoms with Gasteiger partial charge in [0.05, 0.1) is 41.0 Å². The first-order valence-electron chi connectivity index (χ1n) is 7.95. The molecule has 0 atom stereocenters. The van der Waals surface area contributed by atoms with Gasteiger partial charge in [-0.05, 0) is 56.5 Å². The molecule has 0 aliphatic heterocycles. The van der Waals surface area contributed by atoms with Gasteiger partial charge >= 0.3 is 0 Å². The Hall–Kier alpha value is -1.66. The fourth-order valence-corrected chi connectivity index (χ4v) is 5.10. The van der Waals surface area contributed by atoms with Gasteiger partial charge in [0, 0.05) is 0 Å². The fourth-order valence-electron chi connectivity index (χ4n) is 2.82. The van der Waals surface area contributed by atoms with Crippen LogP contribution in [0.15, 0.2) is 28.7 Å². The number of hydrogen-bond donors (Lipinski definition) is 0. The van der Waals surface area contributed by atoms with E-state index < -0.39 is 8.07 Å². The van der Waals surface area contributed by atoms with Crippen LogP contribution in [0.5, 0.6) is 23.0 Å². The third-order valence-corrected chi connectivity index (χ3v) is 6.92. The van der Waals surface area contributed by atoms with Crippen LogP contribution in [0, 0.1) is 0 Å². The molecule has 0 bridgehead atoms. The van der Waals surface area contributed by atoms with E-state index in [4.69, 9.17) is 18.9 Å². The number of ether oxygens (including phenoxy) is 4. The molecule has 0 fully saturated rings. The van der Waals surface area contributed by atoms with Crippen molar-refractivity contribution in [3.8, 4) is 34.1 Å². The minimum Gasteiger partial charge on any atom is -0.493 e. The van der Waals surface area contributed by atoms with Gasteiger partial charge in [-0.2, -0.15) is 0 Å². The summed E-state index contributed by atoms with van der Waals surface area (Å²) in [6.07, 6.45) is 0. The Kier molecular flexibility index (Phi) is 6.06. The summed E-state index contributed by atoms with van der Waals surface area (Å²) < 4.78 is 22.8. The van der Waals surface area contributed by atoms with Gasteiger partial charge in [-0.15, -0.1) is 0 Å². The average molecular weight is 425 g/mol. The molecule has 0 N–H and O–H groups in total. The molecule has 2 aromatic rings. The molecule has 0 aliphatic carbocycles. The van der Waals surface area contributed by atoms with Crippen LogP contribution in [0.4, 0.5) is 0 Å². The third kappa shape index (κ3) is 3.80. The molecule has 0 unspecified atom stereocenters. The predicted octanol–water partition coefficient (Wildman–Crippen LogP) is 4.70. The molecule has 4 nitrogen and oxygen atoms in total. The molecule has 0 saturated heterocycles. The van der Waals surface area contributed by atoms with Gasteiger partial charge in [-0.25, -0.2) is 0 Å². The Balaban J connectivity index is 2.82. The number of rotatable bonds is 6. The normalized spacial score (nSPS) is 11.2. The summed E-state index contributed by atoms with van der Waals surface area (Å²) in [6.45, 7) is 6.94. The van der Waals surface area contributed by atoms with Crippen molar-refractivity contribution in [3.05, 3.63) is 28.7 Å². The zero-order valence-electron chi connectivity index (χ0n) is 15.8. The quantitative estimate of drug-likeness (QED) is 0.629. The molecule has 0 radical (unpaired) electrons. The van der Waals surface area contributed by atoms with E-state index in [1.807, 2.05) is 18.2 Å². The predicted molar refractivity (Wildman–Crippen MR) is 109 cm³/mol. The Labute approximate surface area is 159 Å². The molecule has 0 aliphatic rings. The number of benzene rings is 2. The monoisotopic (exact) mass is 424 g/mol. The molecule has 0 heterocycles. The lowest BCUT2D eigenvalue weighted by Crippen LogP contribution is -2.39. The van der Waals surface area contributed by atoms with E-state index in [1.54, 1.807) is 28.4 Å². The number of hydrogen-bond acceptors (Lipinski definition) is 4. The van der Waals surface area contributed by atoms with Gasteiger partial charge < -0.3 is 18.9 Å². The second-order valence-corrected chi connectivity index (χ2v) is 12.5. The van der Waals surface area contributed by atoms with Crippen LogP contribution in [-0.2, 0) is 0 Å². The lowest BCUT2D eigenvalue weighted by atomic mass is 10.0. The van der Waals surface area contributed by atoms with Crippen molar-refractivity contribution in [2.24, 2.45) is 0 Å². The summed E-state index contributed by atoms with van der Waals surface area (Å²) in [5.41, 5.74) is 2.15. The highest BCUT2D eigenvalue weighted by Gasteiger charge is 2.26. The van der Waals surface area contributed by atoms with Gasteiger partial charge in [-0.1, -0.05) is 19.6 Å². The second-order valence-electron chi connectivity index (χ2n) is 6.67. The fraction of sp³-hybridized carbons (Fsp3) is 0.368. The van der Waals surface area contributed by atoms with Crippen molar-refractivity contribution < 1.29 is 18.9 Å². The lowest BCUT2D eigenvalue weighted by Gasteiger charge is -2.24. The van der Waals surface area contributed by atoms with Gasteiger partial charge in [0.25, 0.3) is 0 Å². The molecule has 25 heavy (non-hydrogen) atoms. The smallest absolute Gasteiger partial charge is 0.175 e. The van der Waals surface area contributed by atoms with Crippen molar-refractivity contribution in [2.45, 2.75) is 19.6 Å². The SMILES string of the molecule is COc1cc(-c2ccc(OC)c(OC)c2Br)c([Si](C)(C)C)cc1OC. The van der Waals surface area contributed by atoms with E-state index in [-0.39, 0.29) is 0 Å². The van der Waals surface area contributed by atoms with Crippen LogP contribution in [0.3, 0.4) is 0 Å². The topological polar surface area (TPSA) is 36.9 Å². The molecule has 0 spiro atoms. The molecule has 0 saturated carbocycles. The van der Waals surface area contributed by atoms with E-state index >= 15 is 0 Å². The first-order chi connectivity index (χ1) is 11.8. The van der Waals surface area contributed by atoms with Gasteiger partial charge in [0.2, 0.25) is 0 Å². The molecule has 0 amide bonds.